The molecule has 4 nitrogen and oxygen atoms in total. The lowest BCUT2D eigenvalue weighted by atomic mass is 10.0. The van der Waals surface area contributed by atoms with Crippen LogP contribution in [0.2, 0.25) is 0 Å². The van der Waals surface area contributed by atoms with Gasteiger partial charge in [-0.2, -0.15) is 0 Å². The third-order valence-corrected chi connectivity index (χ3v) is 5.26. The molecule has 0 radical (unpaired) electrons. The number of ether oxygens (including phenoxy) is 1. The molecular weight excluding hydrogens is 330 g/mol. The first kappa shape index (κ1) is 18.2. The molecule has 23 heavy (non-hydrogen) atoms. The van der Waals surface area contributed by atoms with Crippen LogP contribution >= 0.6 is 23.7 Å². The zero-order chi connectivity index (χ0) is 15.5. The number of benzene rings is 1. The maximum Gasteiger partial charge on any atom is 0.123 e. The Hall–Kier alpha value is -1.14. The van der Waals surface area contributed by atoms with Crippen LogP contribution in [0.15, 0.2) is 24.3 Å². The van der Waals surface area contributed by atoms with E-state index < -0.39 is 0 Å². The van der Waals surface area contributed by atoms with E-state index in [2.05, 4.69) is 41.2 Å². The molecule has 0 saturated carbocycles. The number of nitrogens with zero attached hydrogens (tertiary/aromatic N) is 2. The van der Waals surface area contributed by atoms with Gasteiger partial charge in [0.15, 0.2) is 0 Å². The van der Waals surface area contributed by atoms with E-state index in [0.717, 1.165) is 36.9 Å². The minimum Gasteiger partial charge on any atom is -0.496 e. The average Bonchev–Trinajstić information content (AvgIpc) is 2.85. The molecule has 0 aliphatic carbocycles. The molecule has 0 bridgehead atoms. The Morgan fingerprint density at radius 1 is 1.35 bits per heavy atom. The fraction of sp³-hybridized carbons (Fsp3) is 0.471. The third-order valence-electron chi connectivity index (χ3n) is 4.20. The van der Waals surface area contributed by atoms with Gasteiger partial charge >= 0.3 is 0 Å². The summed E-state index contributed by atoms with van der Waals surface area (Å²) in [4.78, 5) is 8.47. The molecule has 1 aliphatic rings. The normalized spacial score (nSPS) is 18.5. The van der Waals surface area contributed by atoms with Gasteiger partial charge in [0.05, 0.1) is 23.9 Å². The molecule has 1 saturated heterocycles. The van der Waals surface area contributed by atoms with Gasteiger partial charge in [0.2, 0.25) is 0 Å². The Balaban J connectivity index is 0.00000192. The van der Waals surface area contributed by atoms with Gasteiger partial charge in [-0.3, -0.25) is 4.90 Å². The average molecular weight is 354 g/mol. The first-order valence-electron chi connectivity index (χ1n) is 7.69. The highest BCUT2D eigenvalue weighted by Gasteiger charge is 2.27. The maximum atomic E-state index is 5.56. The number of hydrogen-bond acceptors (Lipinski definition) is 5. The van der Waals surface area contributed by atoms with Crippen molar-refractivity contribution in [1.29, 1.82) is 0 Å². The Kier molecular flexibility index (Phi) is 6.41. The lowest BCUT2D eigenvalue weighted by molar-refractivity contribution is 0.152. The van der Waals surface area contributed by atoms with Crippen molar-refractivity contribution in [2.45, 2.75) is 26.4 Å². The lowest BCUT2D eigenvalue weighted by Gasteiger charge is -2.36. The van der Waals surface area contributed by atoms with Gasteiger partial charge in [-0.1, -0.05) is 18.2 Å². The number of hydrogen-bond donors (Lipinski definition) is 1. The summed E-state index contributed by atoms with van der Waals surface area (Å²) in [7, 11) is 1.75. The fourth-order valence-electron chi connectivity index (χ4n) is 3.09. The highest BCUT2D eigenvalue weighted by atomic mass is 35.5. The van der Waals surface area contributed by atoms with Gasteiger partial charge in [0, 0.05) is 36.6 Å². The van der Waals surface area contributed by atoms with E-state index in [9.17, 15) is 0 Å². The van der Waals surface area contributed by atoms with E-state index in [0.29, 0.717) is 6.04 Å². The van der Waals surface area contributed by atoms with Gasteiger partial charge in [-0.25, -0.2) is 4.98 Å². The number of methoxy groups -OCH3 is 1. The molecule has 3 rings (SSSR count). The summed E-state index contributed by atoms with van der Waals surface area (Å²) < 4.78 is 5.56. The van der Waals surface area contributed by atoms with Crippen molar-refractivity contribution in [3.63, 3.8) is 0 Å². The minimum absolute atomic E-state index is 0. The summed E-state index contributed by atoms with van der Waals surface area (Å²) in [5, 5.41) is 4.66. The van der Waals surface area contributed by atoms with Gasteiger partial charge in [0.25, 0.3) is 0 Å². The second-order valence-corrected chi connectivity index (χ2v) is 6.96. The molecule has 0 amide bonds. The zero-order valence-corrected chi connectivity index (χ0v) is 15.5. The molecule has 0 spiro atoms. The number of thiazole rings is 1. The monoisotopic (exact) mass is 353 g/mol. The van der Waals surface area contributed by atoms with E-state index in [-0.39, 0.29) is 12.4 Å². The Morgan fingerprint density at radius 2 is 2.13 bits per heavy atom. The second-order valence-electron chi connectivity index (χ2n) is 5.67. The number of aromatic nitrogens is 1. The molecule has 1 atom stereocenters. The van der Waals surface area contributed by atoms with Crippen molar-refractivity contribution in [3.8, 4) is 5.75 Å². The largest absolute Gasteiger partial charge is 0.496 e. The Morgan fingerprint density at radius 3 is 2.83 bits per heavy atom. The highest BCUT2D eigenvalue weighted by molar-refractivity contribution is 7.11. The molecular formula is C17H24ClN3OS. The summed E-state index contributed by atoms with van der Waals surface area (Å²) in [5.41, 5.74) is 2.43. The molecule has 1 unspecified atom stereocenters. The molecule has 2 aromatic rings. The smallest absolute Gasteiger partial charge is 0.123 e. The minimum atomic E-state index is 0. The van der Waals surface area contributed by atoms with E-state index in [4.69, 9.17) is 4.74 Å². The topological polar surface area (TPSA) is 37.4 Å². The van der Waals surface area contributed by atoms with Crippen LogP contribution in [0.25, 0.3) is 0 Å². The molecule has 126 valence electrons. The van der Waals surface area contributed by atoms with Crippen LogP contribution in [0.5, 0.6) is 5.75 Å². The van der Waals surface area contributed by atoms with Gasteiger partial charge in [-0.05, 0) is 19.9 Å². The SMILES string of the molecule is COc1ccccc1C1CNCCN1Cc1sc(C)nc1C.Cl. The molecule has 1 fully saturated rings. The molecule has 1 aliphatic heterocycles. The quantitative estimate of drug-likeness (QED) is 0.914. The van der Waals surface area contributed by atoms with Crippen LogP contribution in [0, 0.1) is 13.8 Å². The molecule has 6 heteroatoms. The Bertz CT molecular complexity index is 647. The third kappa shape index (κ3) is 4.04. The van der Waals surface area contributed by atoms with Crippen molar-refractivity contribution in [3.05, 3.63) is 45.4 Å². The predicted octanol–water partition coefficient (Wildman–Crippen LogP) is 3.34. The Labute approximate surface area is 148 Å². The first-order valence-corrected chi connectivity index (χ1v) is 8.51. The fourth-order valence-corrected chi connectivity index (χ4v) is 4.05. The predicted molar refractivity (Wildman–Crippen MR) is 97.9 cm³/mol. The molecule has 1 aromatic heterocycles. The summed E-state index contributed by atoms with van der Waals surface area (Å²) in [6.07, 6.45) is 0. The number of piperazine rings is 1. The van der Waals surface area contributed by atoms with Crippen LogP contribution < -0.4 is 10.1 Å². The number of rotatable bonds is 4. The summed E-state index contributed by atoms with van der Waals surface area (Å²) >= 11 is 1.81. The van der Waals surface area contributed by atoms with Crippen molar-refractivity contribution >= 4 is 23.7 Å². The second kappa shape index (κ2) is 8.11. The van der Waals surface area contributed by atoms with Crippen LogP contribution in [-0.4, -0.2) is 36.6 Å². The number of para-hydroxylation sites is 1. The first-order chi connectivity index (χ1) is 10.7. The van der Waals surface area contributed by atoms with Crippen LogP contribution in [0.1, 0.15) is 27.2 Å². The van der Waals surface area contributed by atoms with E-state index in [1.165, 1.54) is 16.1 Å². The van der Waals surface area contributed by atoms with Gasteiger partial charge in [-0.15, -0.1) is 23.7 Å². The van der Waals surface area contributed by atoms with Crippen molar-refractivity contribution < 1.29 is 4.74 Å². The highest BCUT2D eigenvalue weighted by Crippen LogP contribution is 2.32. The van der Waals surface area contributed by atoms with Crippen molar-refractivity contribution in [2.24, 2.45) is 0 Å². The van der Waals surface area contributed by atoms with Crippen molar-refractivity contribution in [1.82, 2.24) is 15.2 Å². The summed E-state index contributed by atoms with van der Waals surface area (Å²) in [6.45, 7) is 8.18. The van der Waals surface area contributed by atoms with Crippen LogP contribution in [0.4, 0.5) is 0 Å². The molecule has 2 heterocycles. The number of aryl methyl sites for hydroxylation is 2. The van der Waals surface area contributed by atoms with Crippen LogP contribution in [-0.2, 0) is 6.54 Å². The molecule has 1 N–H and O–H groups in total. The molecule has 1 aromatic carbocycles. The summed E-state index contributed by atoms with van der Waals surface area (Å²) in [5.74, 6) is 0.971. The lowest BCUT2D eigenvalue weighted by Crippen LogP contribution is -2.45. The van der Waals surface area contributed by atoms with E-state index in [1.54, 1.807) is 7.11 Å². The van der Waals surface area contributed by atoms with Gasteiger partial charge < -0.3 is 10.1 Å². The van der Waals surface area contributed by atoms with Gasteiger partial charge in [0.1, 0.15) is 5.75 Å². The standard InChI is InChI=1S/C17H23N3OS.ClH/c1-12-17(22-13(2)19-12)11-20-9-8-18-10-15(20)14-6-4-5-7-16(14)21-3;/h4-7,15,18H,8-11H2,1-3H3;1H. The number of nitrogens with one attached hydrogen (secondary N) is 1. The van der Waals surface area contributed by atoms with Crippen molar-refractivity contribution in [2.75, 3.05) is 26.7 Å². The van der Waals surface area contributed by atoms with Crippen LogP contribution in [0.3, 0.4) is 0 Å². The van der Waals surface area contributed by atoms with E-state index in [1.807, 2.05) is 23.5 Å². The maximum absolute atomic E-state index is 5.56. The van der Waals surface area contributed by atoms with E-state index >= 15 is 0 Å². The number of halogens is 1. The zero-order valence-electron chi connectivity index (χ0n) is 13.8. The summed E-state index contributed by atoms with van der Waals surface area (Å²) in [6, 6.07) is 8.68.